The minimum atomic E-state index is -3.37. The van der Waals surface area contributed by atoms with E-state index in [4.69, 9.17) is 9.47 Å². The fraction of sp³-hybridized carbons (Fsp3) is 0.667. The number of benzene rings is 1. The number of ether oxygens (including phenoxy) is 2. The number of halogens is 1. The van der Waals surface area contributed by atoms with Gasteiger partial charge in [0.1, 0.15) is 6.10 Å². The van der Waals surface area contributed by atoms with E-state index in [9.17, 15) is 8.42 Å². The lowest BCUT2D eigenvalue weighted by atomic mass is 10.1. The molecular weight excluding hydrogens is 517 g/mol. The van der Waals surface area contributed by atoms with Gasteiger partial charge >= 0.3 is 0 Å². The van der Waals surface area contributed by atoms with Gasteiger partial charge in [0.05, 0.1) is 23.4 Å². The van der Waals surface area contributed by atoms with Crippen LogP contribution < -0.4 is 5.32 Å². The van der Waals surface area contributed by atoms with Crippen molar-refractivity contribution in [3.63, 3.8) is 0 Å². The Kier molecular flexibility index (Phi) is 10.3. The Labute approximate surface area is 197 Å². The van der Waals surface area contributed by atoms with Crippen LogP contribution in [-0.2, 0) is 19.3 Å². The molecule has 2 saturated heterocycles. The largest absolute Gasteiger partial charge is 0.375 e. The quantitative estimate of drug-likeness (QED) is 0.319. The van der Waals surface area contributed by atoms with Gasteiger partial charge in [-0.25, -0.2) is 8.42 Å². The van der Waals surface area contributed by atoms with E-state index in [1.807, 2.05) is 19.9 Å². The Hall–Kier alpha value is -0.910. The molecule has 3 unspecified atom stereocenters. The molecule has 0 bridgehead atoms. The number of morpholine rings is 1. The lowest BCUT2D eigenvalue weighted by Crippen LogP contribution is -2.55. The van der Waals surface area contributed by atoms with Crippen LogP contribution in [0.3, 0.4) is 0 Å². The molecular formula is C21H34IN3O4S. The van der Waals surface area contributed by atoms with E-state index in [0.29, 0.717) is 31.0 Å². The minimum absolute atomic E-state index is 0. The van der Waals surface area contributed by atoms with Crippen molar-refractivity contribution in [2.45, 2.75) is 56.3 Å². The summed E-state index contributed by atoms with van der Waals surface area (Å²) in [7, 11) is -3.37. The van der Waals surface area contributed by atoms with Gasteiger partial charge in [0.15, 0.2) is 15.8 Å². The van der Waals surface area contributed by atoms with Crippen LogP contribution in [0.5, 0.6) is 0 Å². The zero-order chi connectivity index (χ0) is 20.7. The molecule has 0 aromatic heterocycles. The molecule has 1 N–H and O–H groups in total. The van der Waals surface area contributed by atoms with Crippen LogP contribution in [0.15, 0.2) is 40.2 Å². The fourth-order valence-electron chi connectivity index (χ4n) is 3.81. The van der Waals surface area contributed by atoms with Crippen molar-refractivity contribution in [2.24, 2.45) is 4.99 Å². The van der Waals surface area contributed by atoms with Crippen molar-refractivity contribution in [1.82, 2.24) is 10.2 Å². The third-order valence-electron chi connectivity index (χ3n) is 5.43. The molecule has 0 radical (unpaired) electrons. The van der Waals surface area contributed by atoms with E-state index in [1.54, 1.807) is 24.3 Å². The van der Waals surface area contributed by atoms with Crippen LogP contribution in [0.1, 0.15) is 33.1 Å². The first-order valence-electron chi connectivity index (χ1n) is 10.6. The second kappa shape index (κ2) is 12.2. The number of sulfone groups is 1. The van der Waals surface area contributed by atoms with Crippen LogP contribution in [-0.4, -0.2) is 76.1 Å². The Morgan fingerprint density at radius 3 is 2.57 bits per heavy atom. The maximum absolute atomic E-state index is 12.8. The Balaban J connectivity index is 0.00000320. The van der Waals surface area contributed by atoms with E-state index >= 15 is 0 Å². The molecule has 0 saturated carbocycles. The van der Waals surface area contributed by atoms with Gasteiger partial charge in [-0.15, -0.1) is 24.0 Å². The summed E-state index contributed by atoms with van der Waals surface area (Å²) in [5.74, 6) is 0.796. The third kappa shape index (κ3) is 6.80. The molecule has 0 aliphatic carbocycles. The molecule has 3 atom stereocenters. The maximum Gasteiger partial charge on any atom is 0.194 e. The van der Waals surface area contributed by atoms with Gasteiger partial charge in [0.2, 0.25) is 0 Å². The molecule has 7 nitrogen and oxygen atoms in total. The van der Waals surface area contributed by atoms with E-state index in [2.05, 4.69) is 15.2 Å². The summed E-state index contributed by atoms with van der Waals surface area (Å²) >= 11 is 0. The van der Waals surface area contributed by atoms with Crippen molar-refractivity contribution in [2.75, 3.05) is 38.6 Å². The van der Waals surface area contributed by atoms with Gasteiger partial charge in [-0.2, -0.15) is 0 Å². The molecule has 1 aromatic rings. The van der Waals surface area contributed by atoms with Crippen molar-refractivity contribution in [3.05, 3.63) is 30.3 Å². The van der Waals surface area contributed by atoms with Gasteiger partial charge < -0.3 is 19.7 Å². The molecule has 0 amide bonds. The number of nitrogens with zero attached hydrogens (tertiary/aromatic N) is 2. The molecule has 170 valence electrons. The zero-order valence-electron chi connectivity index (χ0n) is 17.8. The number of rotatable bonds is 7. The molecule has 1 aromatic carbocycles. The standard InChI is InChI=1S/C21H33N3O4S.HI/c1-3-17(16-29(25,26)18-9-6-5-7-10-18)23-21(22-4-2)24-12-14-28-20(15-24)19-11-8-13-27-19;/h5-7,9-10,17,19-20H,3-4,8,11-16H2,1-2H3,(H,22,23);1H. The van der Waals surface area contributed by atoms with Crippen molar-refractivity contribution >= 4 is 39.8 Å². The predicted octanol–water partition coefficient (Wildman–Crippen LogP) is 2.70. The van der Waals surface area contributed by atoms with Crippen molar-refractivity contribution in [1.29, 1.82) is 0 Å². The summed E-state index contributed by atoms with van der Waals surface area (Å²) in [6, 6.07) is 8.42. The van der Waals surface area contributed by atoms with E-state index in [1.165, 1.54) is 0 Å². The lowest BCUT2D eigenvalue weighted by molar-refractivity contribution is -0.0817. The molecule has 2 aliphatic heterocycles. The minimum Gasteiger partial charge on any atom is -0.375 e. The van der Waals surface area contributed by atoms with Crippen LogP contribution in [0.4, 0.5) is 0 Å². The molecule has 2 aliphatic rings. The number of aliphatic imine (C=N–C) groups is 1. The van der Waals surface area contributed by atoms with Crippen molar-refractivity contribution < 1.29 is 17.9 Å². The summed E-state index contributed by atoms with van der Waals surface area (Å²) in [4.78, 5) is 7.18. The van der Waals surface area contributed by atoms with E-state index in [-0.39, 0.29) is 48.0 Å². The molecule has 9 heteroatoms. The average molecular weight is 551 g/mol. The van der Waals surface area contributed by atoms with E-state index in [0.717, 1.165) is 32.0 Å². The summed E-state index contributed by atoms with van der Waals surface area (Å²) in [5.41, 5.74) is 0. The van der Waals surface area contributed by atoms with Crippen LogP contribution in [0.2, 0.25) is 0 Å². The normalized spacial score (nSPS) is 23.7. The molecule has 3 rings (SSSR count). The van der Waals surface area contributed by atoms with Crippen LogP contribution in [0.25, 0.3) is 0 Å². The van der Waals surface area contributed by atoms with Crippen LogP contribution in [0, 0.1) is 0 Å². The number of nitrogens with one attached hydrogen (secondary N) is 1. The number of hydrogen-bond acceptors (Lipinski definition) is 5. The first-order chi connectivity index (χ1) is 14.0. The summed E-state index contributed by atoms with van der Waals surface area (Å²) in [6.45, 7) is 7.47. The monoisotopic (exact) mass is 551 g/mol. The Morgan fingerprint density at radius 2 is 1.93 bits per heavy atom. The molecule has 2 heterocycles. The first kappa shape index (κ1) is 25.4. The predicted molar refractivity (Wildman–Crippen MR) is 129 cm³/mol. The third-order valence-corrected chi connectivity index (χ3v) is 7.26. The zero-order valence-corrected chi connectivity index (χ0v) is 21.0. The van der Waals surface area contributed by atoms with Gasteiger partial charge in [-0.1, -0.05) is 25.1 Å². The second-order valence-electron chi connectivity index (χ2n) is 7.55. The average Bonchev–Trinajstić information content (AvgIpc) is 3.28. The van der Waals surface area contributed by atoms with Crippen molar-refractivity contribution in [3.8, 4) is 0 Å². The Morgan fingerprint density at radius 1 is 1.20 bits per heavy atom. The SMILES string of the molecule is CCN=C(NC(CC)CS(=O)(=O)c1ccccc1)N1CCOC(C2CCCO2)C1.I. The maximum atomic E-state index is 12.8. The smallest absolute Gasteiger partial charge is 0.194 e. The number of hydrogen-bond donors (Lipinski definition) is 1. The Bertz CT molecular complexity index is 770. The number of guanidine groups is 1. The topological polar surface area (TPSA) is 80.2 Å². The highest BCUT2D eigenvalue weighted by molar-refractivity contribution is 14.0. The van der Waals surface area contributed by atoms with Crippen LogP contribution >= 0.6 is 24.0 Å². The highest BCUT2D eigenvalue weighted by atomic mass is 127. The highest BCUT2D eigenvalue weighted by Gasteiger charge is 2.33. The van der Waals surface area contributed by atoms with Gasteiger partial charge in [-0.05, 0) is 38.3 Å². The van der Waals surface area contributed by atoms with Gasteiger partial charge in [0, 0.05) is 32.3 Å². The summed E-state index contributed by atoms with van der Waals surface area (Å²) < 4.78 is 37.4. The van der Waals surface area contributed by atoms with Gasteiger partial charge in [-0.3, -0.25) is 4.99 Å². The first-order valence-corrected chi connectivity index (χ1v) is 12.3. The van der Waals surface area contributed by atoms with E-state index < -0.39 is 9.84 Å². The molecule has 0 spiro atoms. The molecule has 30 heavy (non-hydrogen) atoms. The fourth-order valence-corrected chi connectivity index (χ4v) is 5.42. The lowest BCUT2D eigenvalue weighted by Gasteiger charge is -2.38. The highest BCUT2D eigenvalue weighted by Crippen LogP contribution is 2.21. The summed E-state index contributed by atoms with van der Waals surface area (Å²) in [5, 5.41) is 3.41. The summed E-state index contributed by atoms with van der Waals surface area (Å²) in [6.07, 6.45) is 2.96. The second-order valence-corrected chi connectivity index (χ2v) is 9.58. The van der Waals surface area contributed by atoms with Gasteiger partial charge in [0.25, 0.3) is 0 Å². The molecule has 2 fully saturated rings.